The van der Waals surface area contributed by atoms with Gasteiger partial charge < -0.3 is 0 Å². The second kappa shape index (κ2) is 11.4. The largest absolute Gasteiger partial charge is 0.393 e. The van der Waals surface area contributed by atoms with Crippen molar-refractivity contribution >= 4 is 10.8 Å². The summed E-state index contributed by atoms with van der Waals surface area (Å²) in [7, 11) is 0. The maximum Gasteiger partial charge on any atom is 0.393 e. The minimum atomic E-state index is -4.27. The number of benzene rings is 4. The van der Waals surface area contributed by atoms with Crippen molar-refractivity contribution in [3.8, 4) is 23.0 Å². The lowest BCUT2D eigenvalue weighted by atomic mass is 9.98. The van der Waals surface area contributed by atoms with Crippen LogP contribution in [0.4, 0.5) is 17.6 Å². The van der Waals surface area contributed by atoms with Crippen molar-refractivity contribution in [3.05, 3.63) is 107 Å². The molecule has 36 heavy (non-hydrogen) atoms. The normalized spacial score (nSPS) is 11.4. The van der Waals surface area contributed by atoms with Crippen LogP contribution in [0.2, 0.25) is 0 Å². The molecule has 0 aliphatic heterocycles. The van der Waals surface area contributed by atoms with Gasteiger partial charge in [0.1, 0.15) is 5.82 Å². The molecular weight excluding hydrogens is 460 g/mol. The van der Waals surface area contributed by atoms with Crippen molar-refractivity contribution in [1.29, 1.82) is 0 Å². The lowest BCUT2D eigenvalue weighted by Gasteiger charge is -2.10. The minimum absolute atomic E-state index is 0.150. The second-order valence-corrected chi connectivity index (χ2v) is 9.11. The lowest BCUT2D eigenvalue weighted by Crippen LogP contribution is -2.11. The fraction of sp³-hybridized carbons (Fsp3) is 0.250. The molecule has 0 nitrogen and oxygen atoms in total. The molecule has 0 aliphatic carbocycles. The van der Waals surface area contributed by atoms with E-state index in [1.807, 2.05) is 24.3 Å². The summed E-state index contributed by atoms with van der Waals surface area (Å²) in [6.45, 7) is 2.21. The summed E-state index contributed by atoms with van der Waals surface area (Å²) in [5.74, 6) is 5.94. The van der Waals surface area contributed by atoms with Crippen LogP contribution in [0.15, 0.2) is 78.9 Å². The first kappa shape index (κ1) is 25.5. The highest BCUT2D eigenvalue weighted by Gasteiger charge is 2.27. The quantitative estimate of drug-likeness (QED) is 0.138. The Balaban J connectivity index is 1.49. The molecule has 0 radical (unpaired) electrons. The van der Waals surface area contributed by atoms with E-state index in [0.717, 1.165) is 22.9 Å². The van der Waals surface area contributed by atoms with Crippen LogP contribution >= 0.6 is 0 Å². The van der Waals surface area contributed by atoms with E-state index < -0.39 is 18.4 Å². The van der Waals surface area contributed by atoms with Gasteiger partial charge in [0.2, 0.25) is 0 Å². The van der Waals surface area contributed by atoms with Gasteiger partial charge >= 0.3 is 6.18 Å². The Morgan fingerprint density at radius 1 is 0.694 bits per heavy atom. The van der Waals surface area contributed by atoms with Crippen LogP contribution < -0.4 is 0 Å². The van der Waals surface area contributed by atoms with E-state index >= 15 is 4.39 Å². The van der Waals surface area contributed by atoms with Crippen molar-refractivity contribution in [2.75, 3.05) is 0 Å². The van der Waals surface area contributed by atoms with Crippen LogP contribution in [0.5, 0.6) is 0 Å². The van der Waals surface area contributed by atoms with Crippen LogP contribution in [0.25, 0.3) is 21.9 Å². The Labute approximate surface area is 210 Å². The van der Waals surface area contributed by atoms with Gasteiger partial charge in [-0.2, -0.15) is 13.2 Å². The topological polar surface area (TPSA) is 0 Å². The minimum Gasteiger partial charge on any atom is -0.206 e. The molecule has 0 N–H and O–H groups in total. The van der Waals surface area contributed by atoms with Crippen LogP contribution in [0.3, 0.4) is 0 Å². The third-order valence-corrected chi connectivity index (χ3v) is 6.25. The highest BCUT2D eigenvalue weighted by molar-refractivity contribution is 5.89. The average molecular weight is 489 g/mol. The van der Waals surface area contributed by atoms with Crippen LogP contribution in [-0.2, 0) is 12.8 Å². The summed E-state index contributed by atoms with van der Waals surface area (Å²) in [6.07, 6.45) is 0.796. The van der Waals surface area contributed by atoms with Gasteiger partial charge in [-0.3, -0.25) is 0 Å². The molecule has 0 aromatic heterocycles. The van der Waals surface area contributed by atoms with Gasteiger partial charge in [0.05, 0.1) is 6.42 Å². The van der Waals surface area contributed by atoms with E-state index in [9.17, 15) is 13.2 Å². The molecular formula is C32H28F4. The van der Waals surface area contributed by atoms with E-state index in [0.29, 0.717) is 16.5 Å². The fourth-order valence-corrected chi connectivity index (χ4v) is 4.28. The van der Waals surface area contributed by atoms with Crippen LogP contribution in [0, 0.1) is 17.7 Å². The molecule has 0 spiro atoms. The fourth-order valence-electron chi connectivity index (χ4n) is 4.28. The maximum absolute atomic E-state index is 15.3. The SMILES string of the molecule is CCCCCCc1ccc(C#Cc2ccc3c(F)c(-c4ccc(CC(F)(F)F)cc4)ccc3c2)cc1. The monoisotopic (exact) mass is 488 g/mol. The second-order valence-electron chi connectivity index (χ2n) is 9.11. The first-order valence-electron chi connectivity index (χ1n) is 12.3. The molecule has 0 unspecified atom stereocenters. The van der Waals surface area contributed by atoms with E-state index in [1.54, 1.807) is 18.2 Å². The predicted molar refractivity (Wildman–Crippen MR) is 139 cm³/mol. The number of aryl methyl sites for hydroxylation is 1. The highest BCUT2D eigenvalue weighted by atomic mass is 19.4. The Kier molecular flexibility index (Phi) is 8.10. The smallest absolute Gasteiger partial charge is 0.206 e. The highest BCUT2D eigenvalue weighted by Crippen LogP contribution is 2.30. The molecule has 4 rings (SSSR count). The molecule has 4 heteroatoms. The van der Waals surface area contributed by atoms with E-state index in [1.165, 1.54) is 55.5 Å². The van der Waals surface area contributed by atoms with Crippen molar-refractivity contribution in [2.24, 2.45) is 0 Å². The molecule has 0 fully saturated rings. The maximum atomic E-state index is 15.3. The summed E-state index contributed by atoms with van der Waals surface area (Å²) in [4.78, 5) is 0. The van der Waals surface area contributed by atoms with Gasteiger partial charge in [0, 0.05) is 22.1 Å². The van der Waals surface area contributed by atoms with Gasteiger partial charge in [0.15, 0.2) is 0 Å². The first-order chi connectivity index (χ1) is 17.3. The molecule has 0 saturated carbocycles. The summed E-state index contributed by atoms with van der Waals surface area (Å²) >= 11 is 0. The van der Waals surface area contributed by atoms with Gasteiger partial charge in [-0.1, -0.05) is 92.6 Å². The average Bonchev–Trinajstić information content (AvgIpc) is 2.86. The summed E-state index contributed by atoms with van der Waals surface area (Å²) < 4.78 is 53.1. The van der Waals surface area contributed by atoms with Crippen molar-refractivity contribution in [3.63, 3.8) is 0 Å². The van der Waals surface area contributed by atoms with Gasteiger partial charge in [-0.15, -0.1) is 0 Å². The molecule has 0 saturated heterocycles. The molecule has 0 atom stereocenters. The Morgan fingerprint density at radius 2 is 1.36 bits per heavy atom. The number of unbranched alkanes of at least 4 members (excludes halogenated alkanes) is 3. The number of hydrogen-bond acceptors (Lipinski definition) is 0. The lowest BCUT2D eigenvalue weighted by molar-refractivity contribution is -0.127. The molecule has 4 aromatic carbocycles. The number of rotatable bonds is 7. The summed E-state index contributed by atoms with van der Waals surface area (Å²) in [5, 5.41) is 1.17. The Hall–Kier alpha value is -3.58. The van der Waals surface area contributed by atoms with Crippen LogP contribution in [-0.4, -0.2) is 6.18 Å². The summed E-state index contributed by atoms with van der Waals surface area (Å²) in [6, 6.07) is 23.0. The Bertz CT molecular complexity index is 1370. The molecule has 0 bridgehead atoms. The molecule has 0 aliphatic rings. The van der Waals surface area contributed by atoms with E-state index in [4.69, 9.17) is 0 Å². The molecule has 184 valence electrons. The number of alkyl halides is 3. The van der Waals surface area contributed by atoms with Crippen molar-refractivity contribution in [1.82, 2.24) is 0 Å². The van der Waals surface area contributed by atoms with E-state index in [-0.39, 0.29) is 5.56 Å². The number of hydrogen-bond donors (Lipinski definition) is 0. The molecule has 4 aromatic rings. The standard InChI is InChI=1S/C32H28F4/c1-2-3-4-5-6-23-7-9-24(10-8-23)11-12-25-15-19-30-28(21-25)18-20-29(31(30)33)27-16-13-26(14-17-27)22-32(34,35)36/h7-10,13-21H,2-6,22H2,1H3. The van der Waals surface area contributed by atoms with Crippen LogP contribution in [0.1, 0.15) is 54.9 Å². The van der Waals surface area contributed by atoms with Crippen molar-refractivity contribution in [2.45, 2.75) is 51.6 Å². The zero-order chi connectivity index (χ0) is 25.5. The van der Waals surface area contributed by atoms with E-state index in [2.05, 4.69) is 30.9 Å². The predicted octanol–water partition coefficient (Wildman–Crippen LogP) is 9.27. The van der Waals surface area contributed by atoms with Gasteiger partial charge in [-0.05, 0) is 59.2 Å². The molecule has 0 amide bonds. The first-order valence-corrected chi connectivity index (χ1v) is 12.3. The Morgan fingerprint density at radius 3 is 2.06 bits per heavy atom. The van der Waals surface area contributed by atoms with Gasteiger partial charge in [-0.25, -0.2) is 4.39 Å². The third kappa shape index (κ3) is 6.76. The summed E-state index contributed by atoms with van der Waals surface area (Å²) in [5.41, 5.74) is 4.09. The third-order valence-electron chi connectivity index (χ3n) is 6.25. The zero-order valence-electron chi connectivity index (χ0n) is 20.3. The van der Waals surface area contributed by atoms with Crippen molar-refractivity contribution < 1.29 is 17.6 Å². The van der Waals surface area contributed by atoms with Gasteiger partial charge in [0.25, 0.3) is 0 Å². The zero-order valence-corrected chi connectivity index (χ0v) is 20.3. The number of halogens is 4. The molecule has 0 heterocycles. The number of fused-ring (bicyclic) bond motifs is 1.